The Morgan fingerprint density at radius 3 is 2.54 bits per heavy atom. The highest BCUT2D eigenvalue weighted by Gasteiger charge is 2.23. The third kappa shape index (κ3) is 3.77. The molecule has 2 aromatic heterocycles. The van der Waals surface area contributed by atoms with Crippen LogP contribution in [0.4, 0.5) is 4.79 Å². The van der Waals surface area contributed by atoms with E-state index in [4.69, 9.17) is 0 Å². The zero-order valence-electron chi connectivity index (χ0n) is 15.5. The van der Waals surface area contributed by atoms with E-state index in [1.54, 1.807) is 20.9 Å². The van der Waals surface area contributed by atoms with E-state index in [2.05, 4.69) is 22.3 Å². The van der Waals surface area contributed by atoms with Gasteiger partial charge in [-0.2, -0.15) is 5.10 Å². The molecular formula is C17H27N5OS. The Morgan fingerprint density at radius 2 is 2.04 bits per heavy atom. The SMILES string of the molecule is CCc1nc(C)c([C@H](C)N(C)C(=O)N[C@@H](C)c2cn(C)nc2C)s1. The molecule has 132 valence electrons. The molecule has 0 aliphatic rings. The molecule has 7 heteroatoms. The predicted octanol–water partition coefficient (Wildman–Crippen LogP) is 3.52. The summed E-state index contributed by atoms with van der Waals surface area (Å²) in [6.07, 6.45) is 2.87. The maximum atomic E-state index is 12.6. The second kappa shape index (κ2) is 7.34. The third-order valence-corrected chi connectivity index (χ3v) is 5.79. The molecule has 0 unspecified atom stereocenters. The largest absolute Gasteiger partial charge is 0.331 e. The normalized spacial score (nSPS) is 13.6. The number of rotatable bonds is 5. The smallest absolute Gasteiger partial charge is 0.318 e. The molecule has 0 bridgehead atoms. The monoisotopic (exact) mass is 349 g/mol. The first kappa shape index (κ1) is 18.4. The summed E-state index contributed by atoms with van der Waals surface area (Å²) >= 11 is 1.69. The Morgan fingerprint density at radius 1 is 1.38 bits per heavy atom. The summed E-state index contributed by atoms with van der Waals surface area (Å²) in [7, 11) is 3.71. The summed E-state index contributed by atoms with van der Waals surface area (Å²) < 4.78 is 1.77. The Labute approximate surface area is 147 Å². The van der Waals surface area contributed by atoms with Gasteiger partial charge >= 0.3 is 6.03 Å². The molecule has 2 atom stereocenters. The summed E-state index contributed by atoms with van der Waals surface area (Å²) in [6, 6.07) is -0.191. The molecule has 0 aliphatic heterocycles. The number of carbonyl (C=O) groups is 1. The van der Waals surface area contributed by atoms with E-state index in [1.807, 2.05) is 48.0 Å². The standard InChI is InChI=1S/C17H27N5OS/c1-8-15-18-12(4)16(24-15)13(5)22(7)17(23)19-10(2)14-9-21(6)20-11(14)3/h9-10,13H,8H2,1-7H3,(H,19,23)/t10-,13-/m0/s1. The maximum Gasteiger partial charge on any atom is 0.318 e. The zero-order chi connectivity index (χ0) is 18.0. The number of aromatic nitrogens is 3. The van der Waals surface area contributed by atoms with Crippen LogP contribution in [0.25, 0.3) is 0 Å². The van der Waals surface area contributed by atoms with Crippen molar-refractivity contribution in [2.75, 3.05) is 7.05 Å². The van der Waals surface area contributed by atoms with Crippen LogP contribution in [0.5, 0.6) is 0 Å². The number of hydrogen-bond acceptors (Lipinski definition) is 4. The average molecular weight is 350 g/mol. The third-order valence-electron chi connectivity index (χ3n) is 4.32. The van der Waals surface area contributed by atoms with Gasteiger partial charge in [0.1, 0.15) is 0 Å². The van der Waals surface area contributed by atoms with Crippen LogP contribution in [0.1, 0.15) is 59.7 Å². The van der Waals surface area contributed by atoms with E-state index in [0.717, 1.165) is 33.3 Å². The van der Waals surface area contributed by atoms with Gasteiger partial charge in [0.15, 0.2) is 0 Å². The first-order chi connectivity index (χ1) is 11.2. The number of hydrogen-bond donors (Lipinski definition) is 1. The van der Waals surface area contributed by atoms with Crippen molar-refractivity contribution >= 4 is 17.4 Å². The van der Waals surface area contributed by atoms with E-state index in [0.29, 0.717) is 0 Å². The highest BCUT2D eigenvalue weighted by Crippen LogP contribution is 2.29. The minimum atomic E-state index is -0.0934. The van der Waals surface area contributed by atoms with Crippen molar-refractivity contribution in [3.8, 4) is 0 Å². The molecule has 2 amide bonds. The van der Waals surface area contributed by atoms with E-state index < -0.39 is 0 Å². The van der Waals surface area contributed by atoms with E-state index in [-0.39, 0.29) is 18.1 Å². The van der Waals surface area contributed by atoms with Gasteiger partial charge in [-0.05, 0) is 34.1 Å². The second-order valence-electron chi connectivity index (χ2n) is 6.21. The van der Waals surface area contributed by atoms with Crippen LogP contribution in [0.3, 0.4) is 0 Å². The van der Waals surface area contributed by atoms with Crippen LogP contribution in [0.2, 0.25) is 0 Å². The van der Waals surface area contributed by atoms with Crippen molar-refractivity contribution in [3.63, 3.8) is 0 Å². The lowest BCUT2D eigenvalue weighted by molar-refractivity contribution is 0.191. The number of urea groups is 1. The summed E-state index contributed by atoms with van der Waals surface area (Å²) in [6.45, 7) is 10.1. The van der Waals surface area contributed by atoms with Crippen molar-refractivity contribution < 1.29 is 4.79 Å². The molecule has 0 aliphatic carbocycles. The highest BCUT2D eigenvalue weighted by molar-refractivity contribution is 7.11. The van der Waals surface area contributed by atoms with Crippen LogP contribution >= 0.6 is 11.3 Å². The number of amides is 2. The van der Waals surface area contributed by atoms with Gasteiger partial charge in [-0.1, -0.05) is 6.92 Å². The molecule has 2 rings (SSSR count). The zero-order valence-corrected chi connectivity index (χ0v) is 16.4. The van der Waals surface area contributed by atoms with Gasteiger partial charge < -0.3 is 10.2 Å². The van der Waals surface area contributed by atoms with Gasteiger partial charge in [0.05, 0.1) is 28.5 Å². The number of nitrogens with one attached hydrogen (secondary N) is 1. The van der Waals surface area contributed by atoms with Crippen LogP contribution in [-0.2, 0) is 13.5 Å². The van der Waals surface area contributed by atoms with Crippen molar-refractivity contribution in [2.45, 2.75) is 53.1 Å². The predicted molar refractivity (Wildman–Crippen MR) is 97.3 cm³/mol. The lowest BCUT2D eigenvalue weighted by Crippen LogP contribution is -2.40. The van der Waals surface area contributed by atoms with Gasteiger partial charge in [0.25, 0.3) is 0 Å². The molecule has 0 radical (unpaired) electrons. The van der Waals surface area contributed by atoms with E-state index >= 15 is 0 Å². The lowest BCUT2D eigenvalue weighted by Gasteiger charge is -2.26. The second-order valence-corrected chi connectivity index (χ2v) is 7.33. The minimum Gasteiger partial charge on any atom is -0.331 e. The Balaban J connectivity index is 2.08. The number of thiazole rings is 1. The van der Waals surface area contributed by atoms with Gasteiger partial charge in [0.2, 0.25) is 0 Å². The van der Waals surface area contributed by atoms with Crippen LogP contribution in [0.15, 0.2) is 6.20 Å². The maximum absolute atomic E-state index is 12.6. The summed E-state index contributed by atoms with van der Waals surface area (Å²) in [5.41, 5.74) is 2.99. The molecule has 2 heterocycles. The topological polar surface area (TPSA) is 63.1 Å². The van der Waals surface area contributed by atoms with Crippen LogP contribution in [-0.4, -0.2) is 32.7 Å². The Bertz CT molecular complexity index is 721. The molecule has 2 aromatic rings. The highest BCUT2D eigenvalue weighted by atomic mass is 32.1. The summed E-state index contributed by atoms with van der Waals surface area (Å²) in [4.78, 5) is 20.1. The van der Waals surface area contributed by atoms with Gasteiger partial charge in [-0.3, -0.25) is 4.68 Å². The minimum absolute atomic E-state index is 0.00926. The fourth-order valence-corrected chi connectivity index (χ4v) is 3.87. The Kier molecular flexibility index (Phi) is 5.64. The molecule has 1 N–H and O–H groups in total. The molecule has 24 heavy (non-hydrogen) atoms. The lowest BCUT2D eigenvalue weighted by atomic mass is 10.1. The molecule has 0 aromatic carbocycles. The number of carbonyl (C=O) groups excluding carboxylic acids is 1. The quantitative estimate of drug-likeness (QED) is 0.898. The van der Waals surface area contributed by atoms with Crippen molar-refractivity contribution in [1.29, 1.82) is 0 Å². The van der Waals surface area contributed by atoms with Gasteiger partial charge in [-0.25, -0.2) is 9.78 Å². The van der Waals surface area contributed by atoms with E-state index in [9.17, 15) is 4.79 Å². The molecule has 0 saturated carbocycles. The molecular weight excluding hydrogens is 322 g/mol. The van der Waals surface area contributed by atoms with Gasteiger partial charge in [-0.15, -0.1) is 11.3 Å². The first-order valence-corrected chi connectivity index (χ1v) is 9.05. The first-order valence-electron chi connectivity index (χ1n) is 8.24. The Hall–Kier alpha value is -1.89. The average Bonchev–Trinajstić information content (AvgIpc) is 3.07. The fraction of sp³-hybridized carbons (Fsp3) is 0.588. The van der Waals surface area contributed by atoms with E-state index in [1.165, 1.54) is 0 Å². The van der Waals surface area contributed by atoms with Gasteiger partial charge in [0, 0.05) is 30.7 Å². The number of nitrogens with zero attached hydrogens (tertiary/aromatic N) is 4. The van der Waals surface area contributed by atoms with Crippen LogP contribution in [0, 0.1) is 13.8 Å². The molecule has 0 spiro atoms. The molecule has 0 fully saturated rings. The van der Waals surface area contributed by atoms with Crippen molar-refractivity contribution in [3.05, 3.63) is 33.0 Å². The van der Waals surface area contributed by atoms with Crippen LogP contribution < -0.4 is 5.32 Å². The fourth-order valence-electron chi connectivity index (χ4n) is 2.76. The summed E-state index contributed by atoms with van der Waals surface area (Å²) in [5.74, 6) is 0. The van der Waals surface area contributed by atoms with Crippen molar-refractivity contribution in [2.24, 2.45) is 7.05 Å². The summed E-state index contributed by atoms with van der Waals surface area (Å²) in [5, 5.41) is 8.51. The molecule has 0 saturated heterocycles. The van der Waals surface area contributed by atoms with Crippen molar-refractivity contribution in [1.82, 2.24) is 25.0 Å². The number of aryl methyl sites for hydroxylation is 4. The molecule has 6 nitrogen and oxygen atoms in total.